The van der Waals surface area contributed by atoms with Gasteiger partial charge in [-0.1, -0.05) is 25.7 Å². The van der Waals surface area contributed by atoms with E-state index in [0.717, 1.165) is 32.4 Å². The zero-order valence-corrected chi connectivity index (χ0v) is 14.9. The van der Waals surface area contributed by atoms with Gasteiger partial charge in [-0.25, -0.2) is 4.79 Å². The average Bonchev–Trinajstić information content (AvgIpc) is 2.99. The van der Waals surface area contributed by atoms with Crippen LogP contribution in [0.5, 0.6) is 0 Å². The first-order valence-corrected chi connectivity index (χ1v) is 10.2. The molecule has 0 aromatic rings. The molecule has 1 saturated carbocycles. The lowest BCUT2D eigenvalue weighted by Gasteiger charge is -2.43. The molecule has 0 unspecified atom stereocenters. The number of amides is 2. The summed E-state index contributed by atoms with van der Waals surface area (Å²) in [7, 11) is 0. The Hall–Kier alpha value is -0.810. The van der Waals surface area contributed by atoms with Crippen LogP contribution >= 0.6 is 0 Å². The smallest absolute Gasteiger partial charge is 0.315 e. The van der Waals surface area contributed by atoms with Crippen LogP contribution in [-0.2, 0) is 4.74 Å². The summed E-state index contributed by atoms with van der Waals surface area (Å²) in [6.07, 6.45) is 13.2. The first-order valence-electron chi connectivity index (χ1n) is 10.2. The Morgan fingerprint density at radius 3 is 2.71 bits per heavy atom. The lowest BCUT2D eigenvalue weighted by Crippen LogP contribution is -2.54. The van der Waals surface area contributed by atoms with E-state index in [1.807, 2.05) is 0 Å². The standard InChI is InChI=1S/C19H33N3O2/c23-18(21-16-7-12-22-11-5-2-6-17(16)22)20-15-8-13-24-19(14-15)9-3-1-4-10-19/h15-17H,1-14H2,(H2,20,21,23)/t15-,16-,17+/m1/s1. The van der Waals surface area contributed by atoms with E-state index in [1.165, 1.54) is 57.9 Å². The molecule has 0 bridgehead atoms. The second-order valence-electron chi connectivity index (χ2n) is 8.39. The molecule has 136 valence electrons. The normalized spacial score (nSPS) is 36.2. The second kappa shape index (κ2) is 7.20. The molecule has 2 amide bonds. The number of carbonyl (C=O) groups is 1. The molecule has 1 spiro atoms. The number of nitrogens with one attached hydrogen (secondary N) is 2. The van der Waals surface area contributed by atoms with E-state index in [0.29, 0.717) is 12.1 Å². The van der Waals surface area contributed by atoms with E-state index in [2.05, 4.69) is 15.5 Å². The Bertz CT molecular complexity index is 444. The van der Waals surface area contributed by atoms with Crippen LogP contribution in [0.3, 0.4) is 0 Å². The summed E-state index contributed by atoms with van der Waals surface area (Å²) in [5, 5.41) is 6.55. The number of rotatable bonds is 2. The minimum absolute atomic E-state index is 0.0466. The molecule has 2 N–H and O–H groups in total. The van der Waals surface area contributed by atoms with Crippen molar-refractivity contribution in [2.24, 2.45) is 0 Å². The number of urea groups is 1. The highest BCUT2D eigenvalue weighted by atomic mass is 16.5. The number of fused-ring (bicyclic) bond motifs is 1. The minimum atomic E-state index is 0.0466. The van der Waals surface area contributed by atoms with Gasteiger partial charge in [0.2, 0.25) is 0 Å². The number of nitrogens with zero attached hydrogens (tertiary/aromatic N) is 1. The highest BCUT2D eigenvalue weighted by molar-refractivity contribution is 5.74. The second-order valence-corrected chi connectivity index (χ2v) is 8.39. The molecule has 5 heteroatoms. The van der Waals surface area contributed by atoms with Crippen molar-refractivity contribution in [2.75, 3.05) is 19.7 Å². The summed E-state index contributed by atoms with van der Waals surface area (Å²) in [6, 6.07) is 1.24. The molecule has 1 aliphatic carbocycles. The van der Waals surface area contributed by atoms with Crippen LogP contribution < -0.4 is 10.6 Å². The highest BCUT2D eigenvalue weighted by Gasteiger charge is 2.40. The van der Waals surface area contributed by atoms with Crippen molar-refractivity contribution in [3.8, 4) is 0 Å². The molecule has 4 fully saturated rings. The van der Waals surface area contributed by atoms with Crippen molar-refractivity contribution in [1.29, 1.82) is 0 Å². The van der Waals surface area contributed by atoms with Gasteiger partial charge in [-0.3, -0.25) is 4.90 Å². The fraction of sp³-hybridized carbons (Fsp3) is 0.947. The van der Waals surface area contributed by atoms with Gasteiger partial charge in [-0.2, -0.15) is 0 Å². The summed E-state index contributed by atoms with van der Waals surface area (Å²) in [4.78, 5) is 15.1. The summed E-state index contributed by atoms with van der Waals surface area (Å²) in [5.74, 6) is 0. The molecule has 3 aliphatic heterocycles. The Kier molecular flexibility index (Phi) is 5.00. The van der Waals surface area contributed by atoms with Crippen LogP contribution in [0.15, 0.2) is 0 Å². The van der Waals surface area contributed by atoms with E-state index in [4.69, 9.17) is 4.74 Å². The fourth-order valence-corrected chi connectivity index (χ4v) is 5.51. The van der Waals surface area contributed by atoms with Crippen molar-refractivity contribution >= 4 is 6.03 Å². The van der Waals surface area contributed by atoms with Crippen molar-refractivity contribution in [2.45, 2.75) is 94.4 Å². The van der Waals surface area contributed by atoms with Gasteiger partial charge in [0.05, 0.1) is 5.60 Å². The van der Waals surface area contributed by atoms with E-state index in [1.54, 1.807) is 0 Å². The van der Waals surface area contributed by atoms with Gasteiger partial charge >= 0.3 is 6.03 Å². The summed E-state index contributed by atoms with van der Waals surface area (Å²) < 4.78 is 6.14. The number of hydrogen-bond donors (Lipinski definition) is 2. The summed E-state index contributed by atoms with van der Waals surface area (Å²) in [5.41, 5.74) is 0.0575. The maximum absolute atomic E-state index is 12.5. The quantitative estimate of drug-likeness (QED) is 0.816. The van der Waals surface area contributed by atoms with Gasteiger partial charge in [0, 0.05) is 31.3 Å². The van der Waals surface area contributed by atoms with Crippen LogP contribution in [0, 0.1) is 0 Å². The van der Waals surface area contributed by atoms with Gasteiger partial charge < -0.3 is 15.4 Å². The molecule has 0 aromatic carbocycles. The minimum Gasteiger partial charge on any atom is -0.375 e. The molecule has 24 heavy (non-hydrogen) atoms. The third-order valence-electron chi connectivity index (χ3n) is 6.77. The topological polar surface area (TPSA) is 53.6 Å². The fourth-order valence-electron chi connectivity index (χ4n) is 5.51. The zero-order chi connectivity index (χ0) is 16.4. The maximum atomic E-state index is 12.5. The predicted octanol–water partition coefficient (Wildman–Crippen LogP) is 2.79. The van der Waals surface area contributed by atoms with Crippen LogP contribution in [0.2, 0.25) is 0 Å². The number of carbonyl (C=O) groups excluding carboxylic acids is 1. The first kappa shape index (κ1) is 16.6. The van der Waals surface area contributed by atoms with E-state index in [9.17, 15) is 4.79 Å². The van der Waals surface area contributed by atoms with Crippen LogP contribution in [0.25, 0.3) is 0 Å². The lowest BCUT2D eigenvalue weighted by atomic mass is 9.78. The van der Waals surface area contributed by atoms with Crippen molar-refractivity contribution < 1.29 is 9.53 Å². The number of piperidine rings is 1. The molecular formula is C19H33N3O2. The first-order chi connectivity index (χ1) is 11.7. The Balaban J connectivity index is 1.28. The van der Waals surface area contributed by atoms with Crippen LogP contribution in [0.1, 0.15) is 70.6 Å². The molecule has 0 aromatic heterocycles. The summed E-state index contributed by atoms with van der Waals surface area (Å²) >= 11 is 0. The monoisotopic (exact) mass is 335 g/mol. The van der Waals surface area contributed by atoms with Gasteiger partial charge in [-0.05, 0) is 51.5 Å². The van der Waals surface area contributed by atoms with E-state index < -0.39 is 0 Å². The molecule has 3 heterocycles. The lowest BCUT2D eigenvalue weighted by molar-refractivity contribution is -0.107. The average molecular weight is 335 g/mol. The third kappa shape index (κ3) is 3.57. The van der Waals surface area contributed by atoms with Crippen molar-refractivity contribution in [3.05, 3.63) is 0 Å². The number of hydrogen-bond acceptors (Lipinski definition) is 3. The van der Waals surface area contributed by atoms with Crippen LogP contribution in [-0.4, -0.2) is 54.4 Å². The van der Waals surface area contributed by atoms with Crippen LogP contribution in [0.4, 0.5) is 4.79 Å². The molecule has 4 aliphatic rings. The Morgan fingerprint density at radius 2 is 1.83 bits per heavy atom. The van der Waals surface area contributed by atoms with E-state index >= 15 is 0 Å². The molecular weight excluding hydrogens is 302 g/mol. The molecule has 5 nitrogen and oxygen atoms in total. The molecule has 0 radical (unpaired) electrons. The van der Waals surface area contributed by atoms with Crippen molar-refractivity contribution in [1.82, 2.24) is 15.5 Å². The molecule has 3 saturated heterocycles. The predicted molar refractivity (Wildman–Crippen MR) is 94.1 cm³/mol. The molecule has 3 atom stereocenters. The highest BCUT2D eigenvalue weighted by Crippen LogP contribution is 2.38. The van der Waals surface area contributed by atoms with Gasteiger partial charge in [0.1, 0.15) is 0 Å². The van der Waals surface area contributed by atoms with Gasteiger partial charge in [0.25, 0.3) is 0 Å². The molecule has 4 rings (SSSR count). The maximum Gasteiger partial charge on any atom is 0.315 e. The van der Waals surface area contributed by atoms with Gasteiger partial charge in [0.15, 0.2) is 0 Å². The van der Waals surface area contributed by atoms with E-state index in [-0.39, 0.29) is 17.7 Å². The third-order valence-corrected chi connectivity index (χ3v) is 6.77. The van der Waals surface area contributed by atoms with Crippen molar-refractivity contribution in [3.63, 3.8) is 0 Å². The largest absolute Gasteiger partial charge is 0.375 e. The van der Waals surface area contributed by atoms with Gasteiger partial charge in [-0.15, -0.1) is 0 Å². The zero-order valence-electron chi connectivity index (χ0n) is 14.9. The SMILES string of the molecule is O=C(N[C@@H]1CCOC2(CCCCC2)C1)N[C@@H]1CCN2CCCC[C@@H]12. The number of ether oxygens (including phenoxy) is 1. The summed E-state index contributed by atoms with van der Waals surface area (Å²) in [6.45, 7) is 3.16. The Labute approximate surface area is 145 Å². The Morgan fingerprint density at radius 1 is 0.958 bits per heavy atom.